The summed E-state index contributed by atoms with van der Waals surface area (Å²) in [7, 11) is 0. The Morgan fingerprint density at radius 1 is 0.865 bits per heavy atom. The first-order chi connectivity index (χ1) is 17.9. The first kappa shape index (κ1) is 20.9. The van der Waals surface area contributed by atoms with E-state index in [0.29, 0.717) is 5.56 Å². The molecular formula is C29H26N6O2. The topological polar surface area (TPSA) is 114 Å². The van der Waals surface area contributed by atoms with E-state index in [0.717, 1.165) is 93.3 Å². The molecule has 37 heavy (non-hydrogen) atoms. The van der Waals surface area contributed by atoms with Crippen molar-refractivity contribution < 1.29 is 9.59 Å². The Labute approximate surface area is 212 Å². The molecule has 4 aromatic rings. The van der Waals surface area contributed by atoms with Crippen LogP contribution in [0.1, 0.15) is 75.5 Å². The van der Waals surface area contributed by atoms with E-state index in [4.69, 9.17) is 0 Å². The van der Waals surface area contributed by atoms with Crippen LogP contribution < -0.4 is 10.9 Å². The third-order valence-corrected chi connectivity index (χ3v) is 8.71. The summed E-state index contributed by atoms with van der Waals surface area (Å²) >= 11 is 0. The fourth-order valence-corrected chi connectivity index (χ4v) is 6.96. The van der Waals surface area contributed by atoms with E-state index in [-0.39, 0.29) is 23.1 Å². The fraction of sp³-hybridized carbons (Fsp3) is 0.310. The van der Waals surface area contributed by atoms with Crippen molar-refractivity contribution in [2.45, 2.75) is 46.0 Å². The minimum atomic E-state index is -0.176. The summed E-state index contributed by atoms with van der Waals surface area (Å²) in [5.74, 6) is -0.0929. The molecule has 0 bridgehead atoms. The van der Waals surface area contributed by atoms with E-state index in [1.165, 1.54) is 5.69 Å². The zero-order valence-electron chi connectivity index (χ0n) is 20.7. The van der Waals surface area contributed by atoms with Crippen molar-refractivity contribution in [2.75, 3.05) is 0 Å². The molecule has 0 spiro atoms. The maximum Gasteiger partial charge on any atom is 0.272 e. The fourth-order valence-electron chi connectivity index (χ4n) is 6.96. The van der Waals surface area contributed by atoms with E-state index in [9.17, 15) is 9.59 Å². The number of aromatic amines is 2. The number of nitrogens with one attached hydrogen (secondary N) is 4. The number of aryl methyl sites for hydroxylation is 1. The van der Waals surface area contributed by atoms with E-state index in [1.54, 1.807) is 0 Å². The van der Waals surface area contributed by atoms with Gasteiger partial charge in [-0.1, -0.05) is 26.0 Å². The molecule has 2 aromatic heterocycles. The smallest absolute Gasteiger partial charge is 0.272 e. The van der Waals surface area contributed by atoms with E-state index < -0.39 is 0 Å². The average molecular weight is 491 g/mol. The van der Waals surface area contributed by atoms with Gasteiger partial charge in [-0.15, -0.1) is 0 Å². The molecule has 8 nitrogen and oxygen atoms in total. The Balaban J connectivity index is 1.24. The molecule has 2 aromatic carbocycles. The standard InChI is InChI=1S/C29H26N6O2/c1-29(2)9-8-18-25-24-17(30-18)7-6-14(21(24)28(37)35-33-26(25)29)10-13-11-19-23-20(12-13)32-34-27(36)15-4-3-5-16(31-19)22(15)23/h3-7,13,30-31H,8-12H2,1-2H3,(H,34,36)(H,35,37). The molecule has 4 N–H and O–H groups in total. The lowest BCUT2D eigenvalue weighted by molar-refractivity contribution is 0.0948. The van der Waals surface area contributed by atoms with Crippen LogP contribution in [0.4, 0.5) is 0 Å². The Hall–Kier alpha value is -4.20. The molecule has 2 amide bonds. The predicted octanol–water partition coefficient (Wildman–Crippen LogP) is 4.32. The number of rotatable bonds is 2. The summed E-state index contributed by atoms with van der Waals surface area (Å²) in [4.78, 5) is 33.3. The van der Waals surface area contributed by atoms with Gasteiger partial charge in [-0.25, -0.2) is 10.9 Å². The number of carbonyl (C=O) groups is 2. The van der Waals surface area contributed by atoms with Gasteiger partial charge in [0.05, 0.1) is 22.6 Å². The molecule has 2 aliphatic carbocycles. The van der Waals surface area contributed by atoms with Gasteiger partial charge in [0.2, 0.25) is 0 Å². The van der Waals surface area contributed by atoms with Gasteiger partial charge in [0, 0.05) is 49.7 Å². The molecule has 0 saturated heterocycles. The van der Waals surface area contributed by atoms with Gasteiger partial charge in [0.15, 0.2) is 0 Å². The molecule has 1 unspecified atom stereocenters. The van der Waals surface area contributed by atoms with Crippen LogP contribution in [-0.2, 0) is 19.3 Å². The third-order valence-electron chi connectivity index (χ3n) is 8.71. The monoisotopic (exact) mass is 490 g/mol. The molecular weight excluding hydrogens is 464 g/mol. The van der Waals surface area contributed by atoms with Crippen LogP contribution in [-0.4, -0.2) is 33.2 Å². The molecule has 8 heteroatoms. The Bertz CT molecular complexity index is 1780. The number of H-pyrrole nitrogens is 2. The van der Waals surface area contributed by atoms with Gasteiger partial charge >= 0.3 is 0 Å². The van der Waals surface area contributed by atoms with Gasteiger partial charge < -0.3 is 9.97 Å². The number of hydrazone groups is 2. The SMILES string of the molecule is CC1(C)CCc2[nH]c3ccc(CC4CC5=NNC(=O)c6cccc7[nH]c(c5c67)C4)c4c3c2C1=NNC4=O. The van der Waals surface area contributed by atoms with Crippen LogP contribution in [0.5, 0.6) is 0 Å². The highest BCUT2D eigenvalue weighted by molar-refractivity contribution is 6.23. The van der Waals surface area contributed by atoms with Gasteiger partial charge in [-0.3, -0.25) is 9.59 Å². The van der Waals surface area contributed by atoms with Gasteiger partial charge in [-0.05, 0) is 61.8 Å². The summed E-state index contributed by atoms with van der Waals surface area (Å²) < 4.78 is 0. The maximum atomic E-state index is 13.5. The summed E-state index contributed by atoms with van der Waals surface area (Å²) in [6.07, 6.45) is 4.22. The maximum absolute atomic E-state index is 13.5. The second-order valence-electron chi connectivity index (χ2n) is 11.5. The number of benzene rings is 2. The van der Waals surface area contributed by atoms with E-state index >= 15 is 0 Å². The van der Waals surface area contributed by atoms with Crippen LogP contribution in [0.25, 0.3) is 21.8 Å². The van der Waals surface area contributed by atoms with Crippen LogP contribution in [0.2, 0.25) is 0 Å². The zero-order chi connectivity index (χ0) is 25.1. The van der Waals surface area contributed by atoms with Crippen molar-refractivity contribution in [1.29, 1.82) is 0 Å². The van der Waals surface area contributed by atoms with Crippen LogP contribution in [0.3, 0.4) is 0 Å². The summed E-state index contributed by atoms with van der Waals surface area (Å²) in [6.45, 7) is 4.40. The minimum absolute atomic E-state index is 0.108. The van der Waals surface area contributed by atoms with Crippen molar-refractivity contribution in [2.24, 2.45) is 21.5 Å². The lowest BCUT2D eigenvalue weighted by Gasteiger charge is -2.30. The number of aromatic nitrogens is 2. The molecule has 0 radical (unpaired) electrons. The number of carbonyl (C=O) groups excluding carboxylic acids is 2. The number of amides is 2. The normalized spacial score (nSPS) is 21.2. The third kappa shape index (κ3) is 2.78. The van der Waals surface area contributed by atoms with Gasteiger partial charge in [0.25, 0.3) is 11.8 Å². The first-order valence-corrected chi connectivity index (χ1v) is 12.9. The van der Waals surface area contributed by atoms with Crippen molar-refractivity contribution in [3.8, 4) is 0 Å². The molecule has 2 aliphatic heterocycles. The summed E-state index contributed by atoms with van der Waals surface area (Å²) in [5, 5.41) is 11.1. The second kappa shape index (κ2) is 6.97. The molecule has 0 saturated carbocycles. The molecule has 4 aliphatic rings. The quantitative estimate of drug-likeness (QED) is 0.335. The van der Waals surface area contributed by atoms with E-state index in [1.807, 2.05) is 18.2 Å². The molecule has 1 atom stereocenters. The second-order valence-corrected chi connectivity index (χ2v) is 11.5. The Morgan fingerprint density at radius 2 is 1.68 bits per heavy atom. The molecule has 184 valence electrons. The largest absolute Gasteiger partial charge is 0.358 e. The number of hydrogen-bond acceptors (Lipinski definition) is 4. The molecule has 0 fully saturated rings. The van der Waals surface area contributed by atoms with Crippen LogP contribution in [0.15, 0.2) is 40.5 Å². The minimum Gasteiger partial charge on any atom is -0.358 e. The van der Waals surface area contributed by atoms with Crippen molar-refractivity contribution in [3.05, 3.63) is 69.5 Å². The summed E-state index contributed by atoms with van der Waals surface area (Å²) in [6, 6.07) is 9.97. The number of hydrogen-bond donors (Lipinski definition) is 4. The first-order valence-electron chi connectivity index (χ1n) is 12.9. The Morgan fingerprint density at radius 3 is 2.57 bits per heavy atom. The van der Waals surface area contributed by atoms with Crippen LogP contribution in [0, 0.1) is 11.3 Å². The van der Waals surface area contributed by atoms with Crippen LogP contribution >= 0.6 is 0 Å². The predicted molar refractivity (Wildman–Crippen MR) is 142 cm³/mol. The van der Waals surface area contributed by atoms with Crippen molar-refractivity contribution in [1.82, 2.24) is 20.8 Å². The number of nitrogens with zero attached hydrogens (tertiary/aromatic N) is 2. The van der Waals surface area contributed by atoms with Gasteiger partial charge in [0.1, 0.15) is 0 Å². The highest BCUT2D eigenvalue weighted by Crippen LogP contribution is 2.42. The van der Waals surface area contributed by atoms with Gasteiger partial charge in [-0.2, -0.15) is 10.2 Å². The van der Waals surface area contributed by atoms with E-state index in [2.05, 4.69) is 57.0 Å². The average Bonchev–Trinajstić information content (AvgIpc) is 3.33. The summed E-state index contributed by atoms with van der Waals surface area (Å²) in [5.41, 5.74) is 16.2. The molecule has 8 rings (SSSR count). The molecule has 4 heterocycles. The lowest BCUT2D eigenvalue weighted by Crippen LogP contribution is -2.32. The highest BCUT2D eigenvalue weighted by atomic mass is 16.2. The zero-order valence-corrected chi connectivity index (χ0v) is 20.7. The highest BCUT2D eigenvalue weighted by Gasteiger charge is 2.39. The van der Waals surface area contributed by atoms with Crippen molar-refractivity contribution >= 4 is 45.0 Å². The van der Waals surface area contributed by atoms with Crippen molar-refractivity contribution in [3.63, 3.8) is 0 Å². The lowest BCUT2D eigenvalue weighted by atomic mass is 9.73. The Kier molecular flexibility index (Phi) is 3.94.